The number of aldehydes is 1. The Kier molecular flexibility index (Phi) is 7.71. The minimum absolute atomic E-state index is 0.0826. The highest BCUT2D eigenvalue weighted by molar-refractivity contribution is 5.79. The first-order chi connectivity index (χ1) is 16.6. The van der Waals surface area contributed by atoms with E-state index in [2.05, 4.69) is 71.3 Å². The van der Waals surface area contributed by atoms with Crippen molar-refractivity contribution in [1.82, 2.24) is 5.32 Å². The first kappa shape index (κ1) is 23.2. The molecule has 0 amide bonds. The Morgan fingerprint density at radius 3 is 2.32 bits per heavy atom. The van der Waals surface area contributed by atoms with Crippen LogP contribution >= 0.6 is 0 Å². The first-order valence-corrected chi connectivity index (χ1v) is 11.3. The van der Waals surface area contributed by atoms with Crippen LogP contribution in [0.2, 0.25) is 0 Å². The number of aliphatic hydroxyl groups is 1. The van der Waals surface area contributed by atoms with Gasteiger partial charge in [0.1, 0.15) is 5.75 Å². The lowest BCUT2D eigenvalue weighted by molar-refractivity contribution is 0.112. The molecule has 0 aromatic heterocycles. The number of benzene rings is 4. The summed E-state index contributed by atoms with van der Waals surface area (Å²) in [6, 6.07) is 31.6. The Labute approximate surface area is 199 Å². The minimum atomic E-state index is -0.752. The largest absolute Gasteiger partial charge is 0.507 e. The molecular formula is C29H28N2O3. The van der Waals surface area contributed by atoms with Crippen LogP contribution < -0.4 is 10.6 Å². The second-order valence-electron chi connectivity index (χ2n) is 8.17. The number of phenols is 1. The molecule has 0 aliphatic heterocycles. The zero-order chi connectivity index (χ0) is 23.8. The number of aromatic hydroxyl groups is 1. The predicted octanol–water partition coefficient (Wildman–Crippen LogP) is 5.48. The zero-order valence-electron chi connectivity index (χ0n) is 18.8. The van der Waals surface area contributed by atoms with Gasteiger partial charge >= 0.3 is 0 Å². The van der Waals surface area contributed by atoms with Gasteiger partial charge in [0.2, 0.25) is 0 Å². The van der Waals surface area contributed by atoms with Gasteiger partial charge in [-0.2, -0.15) is 0 Å². The van der Waals surface area contributed by atoms with Gasteiger partial charge in [-0.25, -0.2) is 0 Å². The molecule has 5 heteroatoms. The maximum atomic E-state index is 11.0. The molecule has 0 radical (unpaired) electrons. The number of hydrogen-bond acceptors (Lipinski definition) is 5. The number of phenolic OH excluding ortho intramolecular Hbond substituents is 1. The predicted molar refractivity (Wildman–Crippen MR) is 137 cm³/mol. The molecule has 5 nitrogen and oxygen atoms in total. The van der Waals surface area contributed by atoms with E-state index in [9.17, 15) is 15.0 Å². The summed E-state index contributed by atoms with van der Waals surface area (Å²) in [5, 5.41) is 26.6. The van der Waals surface area contributed by atoms with Crippen molar-refractivity contribution in [2.24, 2.45) is 0 Å². The van der Waals surface area contributed by atoms with Crippen LogP contribution in [0.3, 0.4) is 0 Å². The molecule has 172 valence electrons. The van der Waals surface area contributed by atoms with Crippen LogP contribution in [0.15, 0.2) is 97.1 Å². The van der Waals surface area contributed by atoms with E-state index in [1.807, 2.05) is 18.2 Å². The lowest BCUT2D eigenvalue weighted by Gasteiger charge is -2.13. The van der Waals surface area contributed by atoms with Crippen LogP contribution in [-0.2, 0) is 6.42 Å². The van der Waals surface area contributed by atoms with Crippen molar-refractivity contribution in [2.45, 2.75) is 12.5 Å². The summed E-state index contributed by atoms with van der Waals surface area (Å²) in [4.78, 5) is 11.0. The summed E-state index contributed by atoms with van der Waals surface area (Å²) in [6.07, 6.45) is 0.654. The molecule has 0 bridgehead atoms. The molecule has 0 aliphatic rings. The summed E-state index contributed by atoms with van der Waals surface area (Å²) in [6.45, 7) is 1.07. The first-order valence-electron chi connectivity index (χ1n) is 11.3. The lowest BCUT2D eigenvalue weighted by Crippen LogP contribution is -2.23. The number of rotatable bonds is 10. The zero-order valence-corrected chi connectivity index (χ0v) is 18.8. The molecule has 0 saturated carbocycles. The molecule has 1 atom stereocenters. The highest BCUT2D eigenvalue weighted by Crippen LogP contribution is 2.25. The van der Waals surface area contributed by atoms with Gasteiger partial charge in [-0.3, -0.25) is 4.79 Å². The highest BCUT2D eigenvalue weighted by Gasteiger charge is 2.10. The summed E-state index contributed by atoms with van der Waals surface area (Å²) < 4.78 is 0. The van der Waals surface area contributed by atoms with Crippen molar-refractivity contribution in [1.29, 1.82) is 0 Å². The fraction of sp³-hybridized carbons (Fsp3) is 0.138. The van der Waals surface area contributed by atoms with Crippen LogP contribution in [-0.4, -0.2) is 29.6 Å². The topological polar surface area (TPSA) is 81.6 Å². The quantitative estimate of drug-likeness (QED) is 0.189. The third-order valence-electron chi connectivity index (χ3n) is 5.70. The summed E-state index contributed by atoms with van der Waals surface area (Å²) in [5.41, 5.74) is 6.39. The lowest BCUT2D eigenvalue weighted by atomic mass is 10.1. The van der Waals surface area contributed by atoms with Gasteiger partial charge in [0.15, 0.2) is 6.29 Å². The monoisotopic (exact) mass is 452 g/mol. The van der Waals surface area contributed by atoms with Gasteiger partial charge in [0.05, 0.1) is 11.7 Å². The van der Waals surface area contributed by atoms with E-state index >= 15 is 0 Å². The van der Waals surface area contributed by atoms with Crippen molar-refractivity contribution < 1.29 is 15.0 Å². The average molecular weight is 453 g/mol. The average Bonchev–Trinajstić information content (AvgIpc) is 2.88. The van der Waals surface area contributed by atoms with Crippen LogP contribution in [0, 0.1) is 0 Å². The molecule has 4 aromatic carbocycles. The maximum Gasteiger partial charge on any atom is 0.153 e. The molecule has 4 N–H and O–H groups in total. The van der Waals surface area contributed by atoms with Crippen molar-refractivity contribution in [3.8, 4) is 16.9 Å². The van der Waals surface area contributed by atoms with Crippen LogP contribution in [0.4, 0.5) is 11.4 Å². The Bertz CT molecular complexity index is 1220. The van der Waals surface area contributed by atoms with Crippen molar-refractivity contribution in [3.05, 3.63) is 114 Å². The van der Waals surface area contributed by atoms with Gasteiger partial charge in [-0.15, -0.1) is 0 Å². The van der Waals surface area contributed by atoms with Crippen molar-refractivity contribution in [2.75, 3.05) is 18.4 Å². The molecule has 4 aromatic rings. The third-order valence-corrected chi connectivity index (χ3v) is 5.70. The second-order valence-corrected chi connectivity index (χ2v) is 8.17. The van der Waals surface area contributed by atoms with E-state index in [1.165, 1.54) is 28.8 Å². The number of nitrogens with one attached hydrogen (secondary N) is 2. The molecule has 4 rings (SSSR count). The molecule has 0 unspecified atom stereocenters. The molecule has 0 saturated heterocycles. The number of hydrogen-bond donors (Lipinski definition) is 4. The second kappa shape index (κ2) is 11.3. The van der Waals surface area contributed by atoms with Crippen LogP contribution in [0.1, 0.15) is 27.6 Å². The van der Waals surface area contributed by atoms with Crippen LogP contribution in [0.5, 0.6) is 5.75 Å². The molecule has 34 heavy (non-hydrogen) atoms. The van der Waals surface area contributed by atoms with Crippen molar-refractivity contribution in [3.63, 3.8) is 0 Å². The van der Waals surface area contributed by atoms with Crippen LogP contribution in [0.25, 0.3) is 11.1 Å². The molecule has 0 fully saturated rings. The molecule has 0 heterocycles. The summed E-state index contributed by atoms with van der Waals surface area (Å²) in [5.74, 6) is -0.0826. The van der Waals surface area contributed by atoms with E-state index in [4.69, 9.17) is 0 Å². The highest BCUT2D eigenvalue weighted by atomic mass is 16.3. The summed E-state index contributed by atoms with van der Waals surface area (Å²) >= 11 is 0. The fourth-order valence-electron chi connectivity index (χ4n) is 3.79. The van der Waals surface area contributed by atoms with E-state index in [0.29, 0.717) is 24.9 Å². The summed E-state index contributed by atoms with van der Waals surface area (Å²) in [7, 11) is 0. The van der Waals surface area contributed by atoms with Gasteiger partial charge in [-0.1, -0.05) is 60.7 Å². The van der Waals surface area contributed by atoms with Gasteiger partial charge in [0, 0.05) is 17.9 Å². The molecule has 0 aliphatic carbocycles. The van der Waals surface area contributed by atoms with E-state index in [1.54, 1.807) is 6.07 Å². The number of carbonyl (C=O) groups is 1. The fourth-order valence-corrected chi connectivity index (χ4v) is 3.79. The van der Waals surface area contributed by atoms with Crippen molar-refractivity contribution >= 4 is 17.7 Å². The number of carbonyl (C=O) groups excluding carboxylic acids is 1. The Morgan fingerprint density at radius 2 is 1.56 bits per heavy atom. The normalized spacial score (nSPS) is 11.7. The molecular weight excluding hydrogens is 424 g/mol. The van der Waals surface area contributed by atoms with Gasteiger partial charge in [0.25, 0.3) is 0 Å². The smallest absolute Gasteiger partial charge is 0.153 e. The Morgan fingerprint density at radius 1 is 0.794 bits per heavy atom. The Balaban J connectivity index is 1.26. The standard InChI is InChI=1S/C29H28N2O3/c32-20-25-17-24(11-14-28(25)33)29(34)19-30-16-15-21-9-12-26(13-10-21)31-27-8-4-7-23(18-27)22-5-2-1-3-6-22/h1-14,17-18,20,29-31,33-34H,15-16,19H2/t29-/m0/s1. The minimum Gasteiger partial charge on any atom is -0.507 e. The van der Waals surface area contributed by atoms with Gasteiger partial charge < -0.3 is 20.8 Å². The molecule has 0 spiro atoms. The SMILES string of the molecule is O=Cc1cc([C@@H](O)CNCCc2ccc(Nc3cccc(-c4ccccc4)c3)cc2)ccc1O. The van der Waals surface area contributed by atoms with E-state index in [0.717, 1.165) is 17.8 Å². The maximum absolute atomic E-state index is 11.0. The Hall–Kier alpha value is -3.93. The van der Waals surface area contributed by atoms with E-state index in [-0.39, 0.29) is 11.3 Å². The van der Waals surface area contributed by atoms with Gasteiger partial charge in [-0.05, 0) is 71.6 Å². The van der Waals surface area contributed by atoms with E-state index < -0.39 is 6.10 Å². The number of anilines is 2. The number of aliphatic hydroxyl groups excluding tert-OH is 1. The third kappa shape index (κ3) is 6.10.